The molecule has 1 aliphatic heterocycles. The molecule has 0 aromatic rings. The molecule has 1 fully saturated rings. The minimum Gasteiger partial charge on any atom is -0.392 e. The first-order valence-electron chi connectivity index (χ1n) is 9.50. The lowest BCUT2D eigenvalue weighted by molar-refractivity contribution is -0.122. The molecule has 4 nitrogen and oxygen atoms in total. The average molecular weight is 353 g/mol. The lowest BCUT2D eigenvalue weighted by atomic mass is 9.86. The topological polar surface area (TPSA) is 66.8 Å². The predicted octanol–water partition coefficient (Wildman–Crippen LogP) is 3.81. The van der Waals surface area contributed by atoms with Crippen molar-refractivity contribution in [3.8, 4) is 0 Å². The summed E-state index contributed by atoms with van der Waals surface area (Å²) >= 11 is 0. The summed E-state index contributed by atoms with van der Waals surface area (Å²) in [7, 11) is 0. The van der Waals surface area contributed by atoms with E-state index >= 15 is 0 Å². The number of Topliss-reactive ketones (excluding diaryl/α,β-unsaturated/α-hetero) is 1. The summed E-state index contributed by atoms with van der Waals surface area (Å²) in [6, 6.07) is 0. The monoisotopic (exact) mass is 352 g/mol. The molecule has 0 radical (unpaired) electrons. The lowest BCUT2D eigenvalue weighted by Gasteiger charge is -2.33. The SMILES string of the molecule is C=C(CC(=O)[C@H](C)CCC[C@]1(C)OC/C(=C/CO)CC[C@H]1O)C(C)C. The molecular formula is C21H36O4. The Kier molecular flexibility index (Phi) is 9.04. The molecule has 0 spiro atoms. The van der Waals surface area contributed by atoms with Gasteiger partial charge in [0.2, 0.25) is 0 Å². The van der Waals surface area contributed by atoms with Gasteiger partial charge in [0.05, 0.1) is 24.9 Å². The van der Waals surface area contributed by atoms with Crippen LogP contribution in [0.4, 0.5) is 0 Å². The molecule has 3 atom stereocenters. The summed E-state index contributed by atoms with van der Waals surface area (Å²) in [5.41, 5.74) is 1.45. The van der Waals surface area contributed by atoms with Gasteiger partial charge in [0.15, 0.2) is 0 Å². The van der Waals surface area contributed by atoms with Gasteiger partial charge in [-0.25, -0.2) is 0 Å². The van der Waals surface area contributed by atoms with Crippen LogP contribution in [0.25, 0.3) is 0 Å². The van der Waals surface area contributed by atoms with Crippen molar-refractivity contribution in [2.24, 2.45) is 11.8 Å². The molecule has 0 unspecified atom stereocenters. The van der Waals surface area contributed by atoms with Crippen molar-refractivity contribution in [1.82, 2.24) is 0 Å². The highest BCUT2D eigenvalue weighted by Gasteiger charge is 2.36. The van der Waals surface area contributed by atoms with Crippen LogP contribution in [0.1, 0.15) is 66.2 Å². The number of allylic oxidation sites excluding steroid dienone is 1. The Morgan fingerprint density at radius 1 is 1.44 bits per heavy atom. The molecule has 25 heavy (non-hydrogen) atoms. The van der Waals surface area contributed by atoms with Crippen LogP contribution < -0.4 is 0 Å². The second-order valence-electron chi connectivity index (χ2n) is 7.95. The first kappa shape index (κ1) is 22.1. The molecule has 1 saturated heterocycles. The zero-order valence-corrected chi connectivity index (χ0v) is 16.4. The molecule has 1 heterocycles. The number of rotatable bonds is 9. The van der Waals surface area contributed by atoms with Gasteiger partial charge in [0.1, 0.15) is 5.78 Å². The van der Waals surface area contributed by atoms with Crippen molar-refractivity contribution in [1.29, 1.82) is 0 Å². The zero-order valence-electron chi connectivity index (χ0n) is 16.4. The van der Waals surface area contributed by atoms with Gasteiger partial charge in [-0.1, -0.05) is 39.0 Å². The maximum absolute atomic E-state index is 12.3. The largest absolute Gasteiger partial charge is 0.392 e. The third kappa shape index (κ3) is 7.04. The van der Waals surface area contributed by atoms with Gasteiger partial charge in [-0.3, -0.25) is 4.79 Å². The van der Waals surface area contributed by atoms with Gasteiger partial charge >= 0.3 is 0 Å². The Labute approximate surface area is 153 Å². The van der Waals surface area contributed by atoms with Gasteiger partial charge < -0.3 is 14.9 Å². The summed E-state index contributed by atoms with van der Waals surface area (Å²) in [6.45, 7) is 12.5. The van der Waals surface area contributed by atoms with E-state index in [9.17, 15) is 9.90 Å². The number of carbonyl (C=O) groups excluding carboxylic acids is 1. The first-order chi connectivity index (χ1) is 11.7. The second kappa shape index (κ2) is 10.2. The minimum absolute atomic E-state index is 0.00636. The van der Waals surface area contributed by atoms with Crippen molar-refractivity contribution < 1.29 is 19.7 Å². The molecule has 2 N–H and O–H groups in total. The summed E-state index contributed by atoms with van der Waals surface area (Å²) in [6.07, 6.45) is 5.47. The number of ether oxygens (including phenoxy) is 1. The normalized spacial score (nSPS) is 27.3. The van der Waals surface area contributed by atoms with Crippen molar-refractivity contribution in [2.75, 3.05) is 13.2 Å². The molecule has 4 heteroatoms. The van der Waals surface area contributed by atoms with Gasteiger partial charge in [-0.05, 0) is 50.5 Å². The molecular weight excluding hydrogens is 316 g/mol. The van der Waals surface area contributed by atoms with Crippen LogP contribution in [0.15, 0.2) is 23.8 Å². The molecule has 0 amide bonds. The summed E-state index contributed by atoms with van der Waals surface area (Å²) in [5.74, 6) is 0.594. The first-order valence-corrected chi connectivity index (χ1v) is 9.50. The van der Waals surface area contributed by atoms with Crippen molar-refractivity contribution in [3.05, 3.63) is 23.8 Å². The Hall–Kier alpha value is -0.970. The maximum atomic E-state index is 12.3. The smallest absolute Gasteiger partial charge is 0.139 e. The number of hydrogen-bond acceptors (Lipinski definition) is 4. The highest BCUT2D eigenvalue weighted by Crippen LogP contribution is 2.32. The third-order valence-corrected chi connectivity index (χ3v) is 5.49. The van der Waals surface area contributed by atoms with Crippen LogP contribution in [-0.2, 0) is 9.53 Å². The fourth-order valence-electron chi connectivity index (χ4n) is 3.10. The average Bonchev–Trinajstić information content (AvgIpc) is 2.69. The van der Waals surface area contributed by atoms with E-state index in [-0.39, 0.29) is 18.3 Å². The number of carbonyl (C=O) groups is 1. The number of aliphatic hydroxyl groups is 2. The number of ketones is 1. The van der Waals surface area contributed by atoms with E-state index in [0.29, 0.717) is 25.4 Å². The zero-order chi connectivity index (χ0) is 19.0. The molecule has 0 aromatic heterocycles. The van der Waals surface area contributed by atoms with E-state index in [4.69, 9.17) is 9.84 Å². The molecule has 0 aliphatic carbocycles. The molecule has 0 bridgehead atoms. The van der Waals surface area contributed by atoms with E-state index in [1.165, 1.54) is 0 Å². The van der Waals surface area contributed by atoms with Gasteiger partial charge in [0, 0.05) is 12.3 Å². The van der Waals surface area contributed by atoms with Crippen molar-refractivity contribution in [3.63, 3.8) is 0 Å². The number of hydrogen-bond donors (Lipinski definition) is 2. The predicted molar refractivity (Wildman–Crippen MR) is 101 cm³/mol. The van der Waals surface area contributed by atoms with Crippen molar-refractivity contribution >= 4 is 5.78 Å². The molecule has 0 aromatic carbocycles. The van der Waals surface area contributed by atoms with Crippen LogP contribution in [0.2, 0.25) is 0 Å². The summed E-state index contributed by atoms with van der Waals surface area (Å²) in [5, 5.41) is 19.5. The van der Waals surface area contributed by atoms with Crippen LogP contribution in [-0.4, -0.2) is 40.9 Å². The highest BCUT2D eigenvalue weighted by molar-refractivity contribution is 5.82. The Morgan fingerprint density at radius 2 is 2.12 bits per heavy atom. The lowest BCUT2D eigenvalue weighted by Crippen LogP contribution is -2.41. The van der Waals surface area contributed by atoms with Gasteiger partial charge in [0.25, 0.3) is 0 Å². The van der Waals surface area contributed by atoms with Crippen LogP contribution >= 0.6 is 0 Å². The molecule has 1 rings (SSSR count). The van der Waals surface area contributed by atoms with E-state index in [2.05, 4.69) is 20.4 Å². The van der Waals surface area contributed by atoms with Crippen LogP contribution in [0.3, 0.4) is 0 Å². The summed E-state index contributed by atoms with van der Waals surface area (Å²) in [4.78, 5) is 12.3. The van der Waals surface area contributed by atoms with E-state index in [0.717, 1.165) is 36.8 Å². The van der Waals surface area contributed by atoms with Crippen LogP contribution in [0.5, 0.6) is 0 Å². The van der Waals surface area contributed by atoms with E-state index in [1.54, 1.807) is 6.08 Å². The Morgan fingerprint density at radius 3 is 2.72 bits per heavy atom. The van der Waals surface area contributed by atoms with Crippen molar-refractivity contribution in [2.45, 2.75) is 77.9 Å². The fraction of sp³-hybridized carbons (Fsp3) is 0.762. The highest BCUT2D eigenvalue weighted by atomic mass is 16.5. The number of aliphatic hydroxyl groups excluding tert-OH is 2. The Bertz CT molecular complexity index is 480. The van der Waals surface area contributed by atoms with Crippen LogP contribution in [0, 0.1) is 11.8 Å². The maximum Gasteiger partial charge on any atom is 0.139 e. The molecule has 144 valence electrons. The minimum atomic E-state index is -0.588. The quantitative estimate of drug-likeness (QED) is 0.619. The summed E-state index contributed by atoms with van der Waals surface area (Å²) < 4.78 is 5.98. The van der Waals surface area contributed by atoms with Gasteiger partial charge in [-0.15, -0.1) is 0 Å². The second-order valence-corrected chi connectivity index (χ2v) is 7.95. The van der Waals surface area contributed by atoms with E-state index < -0.39 is 11.7 Å². The molecule has 0 saturated carbocycles. The Balaban J connectivity index is 2.49. The third-order valence-electron chi connectivity index (χ3n) is 5.49. The standard InChI is InChI=1S/C21H36O4/c1-15(2)17(4)13-19(23)16(3)7-6-11-21(5)20(24)9-8-18(10-12-22)14-25-21/h10,15-16,20,22,24H,4,6-9,11-14H2,1-3,5H3/b18-10+/t16-,20-,21+/m1/s1. The van der Waals surface area contributed by atoms with E-state index in [1.807, 2.05) is 13.8 Å². The fourth-order valence-corrected chi connectivity index (χ4v) is 3.10. The molecule has 1 aliphatic rings. The van der Waals surface area contributed by atoms with Gasteiger partial charge in [-0.2, -0.15) is 0 Å².